The van der Waals surface area contributed by atoms with E-state index in [1.807, 2.05) is 36.4 Å². The van der Waals surface area contributed by atoms with Gasteiger partial charge in [-0.2, -0.15) is 5.10 Å². The van der Waals surface area contributed by atoms with Crippen molar-refractivity contribution in [2.75, 3.05) is 7.11 Å². The lowest BCUT2D eigenvalue weighted by Gasteiger charge is -2.07. The maximum Gasteiger partial charge on any atom is 0.266 e. The molecule has 2 aromatic carbocycles. The van der Waals surface area contributed by atoms with Crippen LogP contribution in [0.25, 0.3) is 33.2 Å². The van der Waals surface area contributed by atoms with Gasteiger partial charge in [0.25, 0.3) is 5.56 Å². The summed E-state index contributed by atoms with van der Waals surface area (Å²) >= 11 is 0. The molecule has 0 saturated carbocycles. The number of methoxy groups -OCH3 is 1. The fraction of sp³-hybridized carbons (Fsp3) is 0.111. The summed E-state index contributed by atoms with van der Waals surface area (Å²) in [6.07, 6.45) is 0. The molecule has 4 rings (SSSR count). The third-order valence-electron chi connectivity index (χ3n) is 3.95. The number of nitrogens with zero attached hydrogens (tertiary/aromatic N) is 2. The smallest absolute Gasteiger partial charge is 0.266 e. The maximum absolute atomic E-state index is 11.6. The van der Waals surface area contributed by atoms with Gasteiger partial charge in [0.1, 0.15) is 5.58 Å². The lowest BCUT2D eigenvalue weighted by Crippen LogP contribution is -2.18. The van der Waals surface area contributed by atoms with Crippen LogP contribution in [-0.4, -0.2) is 16.9 Å². The highest BCUT2D eigenvalue weighted by atomic mass is 16.5. The van der Waals surface area contributed by atoms with E-state index in [2.05, 4.69) is 5.10 Å². The summed E-state index contributed by atoms with van der Waals surface area (Å²) in [5.74, 6) is 0.671. The van der Waals surface area contributed by atoms with E-state index in [0.717, 1.165) is 21.9 Å². The quantitative estimate of drug-likeness (QED) is 0.570. The van der Waals surface area contributed by atoms with E-state index in [0.29, 0.717) is 17.0 Å². The van der Waals surface area contributed by atoms with Crippen LogP contribution in [0.2, 0.25) is 0 Å². The molecular weight excluding hydrogens is 292 g/mol. The van der Waals surface area contributed by atoms with Crippen LogP contribution in [0.15, 0.2) is 57.7 Å². The van der Waals surface area contributed by atoms with Gasteiger partial charge in [-0.25, -0.2) is 4.68 Å². The number of hydrogen-bond donors (Lipinski definition) is 0. The van der Waals surface area contributed by atoms with Gasteiger partial charge in [-0.1, -0.05) is 18.2 Å². The molecule has 0 aliphatic heterocycles. The standard InChI is InChI=1S/C18H14N2O3/c1-20-16(21)10-8-13(19-20)11-7-9-15(22-2)18-17(11)12-5-3-4-6-14(12)23-18/h3-10H,1-2H3. The van der Waals surface area contributed by atoms with E-state index in [-0.39, 0.29) is 5.56 Å². The van der Waals surface area contributed by atoms with E-state index in [1.165, 1.54) is 10.7 Å². The Bertz CT molecular complexity index is 1090. The average molecular weight is 306 g/mol. The Hall–Kier alpha value is -3.08. The maximum atomic E-state index is 11.6. The van der Waals surface area contributed by atoms with Crippen molar-refractivity contribution >= 4 is 21.9 Å². The minimum Gasteiger partial charge on any atom is -0.493 e. The minimum absolute atomic E-state index is 0.143. The second-order valence-electron chi connectivity index (χ2n) is 5.30. The molecule has 0 aliphatic rings. The summed E-state index contributed by atoms with van der Waals surface area (Å²) < 4.78 is 12.7. The Balaban J connectivity index is 2.14. The Kier molecular flexibility index (Phi) is 2.94. The topological polar surface area (TPSA) is 57.3 Å². The Morgan fingerprint density at radius 2 is 1.91 bits per heavy atom. The lowest BCUT2D eigenvalue weighted by atomic mass is 10.0. The molecule has 114 valence electrons. The number of ether oxygens (including phenoxy) is 1. The molecule has 0 aliphatic carbocycles. The molecule has 0 saturated heterocycles. The van der Waals surface area contributed by atoms with Crippen molar-refractivity contribution in [3.8, 4) is 17.0 Å². The molecular formula is C18H14N2O3. The third-order valence-corrected chi connectivity index (χ3v) is 3.95. The first-order chi connectivity index (χ1) is 11.2. The van der Waals surface area contributed by atoms with Gasteiger partial charge in [0.15, 0.2) is 11.3 Å². The number of benzene rings is 2. The highest BCUT2D eigenvalue weighted by Crippen LogP contribution is 2.40. The molecule has 5 nitrogen and oxygen atoms in total. The molecule has 0 bridgehead atoms. The van der Waals surface area contributed by atoms with E-state index in [1.54, 1.807) is 20.2 Å². The normalized spacial score (nSPS) is 11.2. The van der Waals surface area contributed by atoms with Crippen LogP contribution in [0, 0.1) is 0 Å². The van der Waals surface area contributed by atoms with Crippen molar-refractivity contribution in [2.45, 2.75) is 0 Å². The molecule has 23 heavy (non-hydrogen) atoms. The van der Waals surface area contributed by atoms with Crippen molar-refractivity contribution in [1.82, 2.24) is 9.78 Å². The predicted octanol–water partition coefficient (Wildman–Crippen LogP) is 3.36. The molecule has 0 atom stereocenters. The van der Waals surface area contributed by atoms with Crippen molar-refractivity contribution in [1.29, 1.82) is 0 Å². The van der Waals surface area contributed by atoms with Crippen molar-refractivity contribution < 1.29 is 9.15 Å². The van der Waals surface area contributed by atoms with Gasteiger partial charge in [0.2, 0.25) is 0 Å². The SMILES string of the molecule is COc1ccc(-c2ccc(=O)n(C)n2)c2c1oc1ccccc12. The molecule has 0 unspecified atom stereocenters. The van der Waals surface area contributed by atoms with Gasteiger partial charge in [-0.3, -0.25) is 4.79 Å². The molecule has 0 radical (unpaired) electrons. The molecule has 2 aromatic heterocycles. The molecule has 0 N–H and O–H groups in total. The van der Waals surface area contributed by atoms with Crippen LogP contribution in [0.1, 0.15) is 0 Å². The van der Waals surface area contributed by atoms with Crippen molar-refractivity contribution in [3.05, 3.63) is 58.9 Å². The van der Waals surface area contributed by atoms with E-state index < -0.39 is 0 Å². The van der Waals surface area contributed by atoms with Crippen molar-refractivity contribution in [3.63, 3.8) is 0 Å². The number of rotatable bonds is 2. The summed E-state index contributed by atoms with van der Waals surface area (Å²) in [6, 6.07) is 14.9. The van der Waals surface area contributed by atoms with Gasteiger partial charge in [-0.05, 0) is 24.3 Å². The second kappa shape index (κ2) is 4.98. The summed E-state index contributed by atoms with van der Waals surface area (Å²) in [5, 5.41) is 6.29. The summed E-state index contributed by atoms with van der Waals surface area (Å²) in [6.45, 7) is 0. The van der Waals surface area contributed by atoms with Crippen LogP contribution >= 0.6 is 0 Å². The highest BCUT2D eigenvalue weighted by Gasteiger charge is 2.17. The number of aromatic nitrogens is 2. The number of hydrogen-bond acceptors (Lipinski definition) is 4. The number of furan rings is 1. The highest BCUT2D eigenvalue weighted by molar-refractivity contribution is 6.13. The molecule has 0 amide bonds. The Labute approximate surface area is 131 Å². The van der Waals surface area contributed by atoms with Gasteiger partial charge < -0.3 is 9.15 Å². The van der Waals surface area contributed by atoms with Gasteiger partial charge in [-0.15, -0.1) is 0 Å². The largest absolute Gasteiger partial charge is 0.493 e. The molecule has 4 aromatic rings. The molecule has 0 spiro atoms. The van der Waals surface area contributed by atoms with Crippen LogP contribution in [0.4, 0.5) is 0 Å². The Morgan fingerprint density at radius 1 is 1.09 bits per heavy atom. The van der Waals surface area contributed by atoms with Gasteiger partial charge >= 0.3 is 0 Å². The molecule has 2 heterocycles. The zero-order valence-electron chi connectivity index (χ0n) is 12.7. The second-order valence-corrected chi connectivity index (χ2v) is 5.30. The van der Waals surface area contributed by atoms with E-state index in [4.69, 9.17) is 9.15 Å². The number of aryl methyl sites for hydroxylation is 1. The summed E-state index contributed by atoms with van der Waals surface area (Å²) in [5.41, 5.74) is 2.95. The molecule has 0 fully saturated rings. The van der Waals surface area contributed by atoms with Crippen molar-refractivity contribution in [2.24, 2.45) is 7.05 Å². The minimum atomic E-state index is -0.143. The van der Waals surface area contributed by atoms with Crippen LogP contribution in [0.3, 0.4) is 0 Å². The van der Waals surface area contributed by atoms with Crippen LogP contribution < -0.4 is 10.3 Å². The average Bonchev–Trinajstić information content (AvgIpc) is 2.96. The fourth-order valence-corrected chi connectivity index (χ4v) is 2.82. The first-order valence-corrected chi connectivity index (χ1v) is 7.22. The fourth-order valence-electron chi connectivity index (χ4n) is 2.82. The first kappa shape index (κ1) is 13.6. The van der Waals surface area contributed by atoms with Crippen LogP contribution in [0.5, 0.6) is 5.75 Å². The van der Waals surface area contributed by atoms with E-state index in [9.17, 15) is 4.79 Å². The Morgan fingerprint density at radius 3 is 2.70 bits per heavy atom. The predicted molar refractivity (Wildman–Crippen MR) is 88.7 cm³/mol. The summed E-state index contributed by atoms with van der Waals surface area (Å²) in [4.78, 5) is 11.6. The van der Waals surface area contributed by atoms with Gasteiger partial charge in [0.05, 0.1) is 12.8 Å². The number of para-hydroxylation sites is 1. The zero-order valence-corrected chi connectivity index (χ0v) is 12.7. The first-order valence-electron chi connectivity index (χ1n) is 7.22. The summed E-state index contributed by atoms with van der Waals surface area (Å²) in [7, 11) is 3.26. The zero-order chi connectivity index (χ0) is 16.0. The monoisotopic (exact) mass is 306 g/mol. The lowest BCUT2D eigenvalue weighted by molar-refractivity contribution is 0.412. The van der Waals surface area contributed by atoms with Gasteiger partial charge in [0, 0.05) is 29.4 Å². The molecule has 5 heteroatoms. The van der Waals surface area contributed by atoms with Crippen LogP contribution in [-0.2, 0) is 7.05 Å². The third kappa shape index (κ3) is 2.01. The van der Waals surface area contributed by atoms with E-state index >= 15 is 0 Å². The number of fused-ring (bicyclic) bond motifs is 3.